The normalized spacial score (nSPS) is 11.9. The lowest BCUT2D eigenvalue weighted by atomic mass is 10.1. The molecule has 0 aromatic heterocycles. The van der Waals surface area contributed by atoms with Crippen molar-refractivity contribution in [1.82, 2.24) is 0 Å². The summed E-state index contributed by atoms with van der Waals surface area (Å²) < 4.78 is 7.47. The van der Waals surface area contributed by atoms with Gasteiger partial charge in [-0.15, -0.1) is 0 Å². The third kappa shape index (κ3) is 3.67. The molecule has 0 radical (unpaired) electrons. The molecule has 19 heavy (non-hydrogen) atoms. The predicted octanol–water partition coefficient (Wildman–Crippen LogP) is 4.86. The molecule has 0 saturated heterocycles. The maximum Gasteiger partial charge on any atom is 0.202 e. The van der Waals surface area contributed by atoms with Crippen molar-refractivity contribution in [3.05, 3.63) is 63.0 Å². The largest absolute Gasteiger partial charge is 0.481 e. The van der Waals surface area contributed by atoms with E-state index in [1.54, 1.807) is 19.1 Å². The monoisotopic (exact) mass is 382 g/mol. The number of hydrogen-bond acceptors (Lipinski definition) is 2. The van der Waals surface area contributed by atoms with Crippen molar-refractivity contribution in [2.75, 3.05) is 0 Å². The van der Waals surface area contributed by atoms with E-state index in [9.17, 15) is 4.79 Å². The van der Waals surface area contributed by atoms with Crippen molar-refractivity contribution >= 4 is 37.6 Å². The van der Waals surface area contributed by atoms with Gasteiger partial charge in [0, 0.05) is 10.0 Å². The number of hydrogen-bond donors (Lipinski definition) is 0. The van der Waals surface area contributed by atoms with Gasteiger partial charge in [-0.05, 0) is 41.1 Å². The molecule has 2 aromatic rings. The van der Waals surface area contributed by atoms with Gasteiger partial charge in [-0.25, -0.2) is 0 Å². The van der Waals surface area contributed by atoms with Gasteiger partial charge < -0.3 is 4.74 Å². The van der Waals surface area contributed by atoms with Gasteiger partial charge in [0.15, 0.2) is 6.10 Å². The molecule has 98 valence electrons. The average molecular weight is 384 g/mol. The van der Waals surface area contributed by atoms with Gasteiger partial charge in [0.25, 0.3) is 0 Å². The Labute approximate surface area is 129 Å². The van der Waals surface area contributed by atoms with Crippen LogP contribution in [0, 0.1) is 0 Å². The number of Topliss-reactive ketones (excluding diaryl/α,β-unsaturated/α-hetero) is 1. The molecule has 2 nitrogen and oxygen atoms in total. The fourth-order valence-corrected chi connectivity index (χ4v) is 2.79. The van der Waals surface area contributed by atoms with Gasteiger partial charge >= 0.3 is 0 Å². The number of halogens is 2. The molecule has 0 aliphatic heterocycles. The van der Waals surface area contributed by atoms with Crippen molar-refractivity contribution in [3.8, 4) is 5.75 Å². The Balaban J connectivity index is 2.13. The summed E-state index contributed by atoms with van der Waals surface area (Å²) in [6, 6.07) is 14.7. The standard InChI is InChI=1S/C15H12Br2O2/c1-10(15(18)11-5-3-2-4-6-11)19-14-8-7-12(16)9-13(14)17/h2-10H,1H3. The molecule has 1 atom stereocenters. The second kappa shape index (κ2) is 6.35. The van der Waals surface area contributed by atoms with E-state index < -0.39 is 6.10 Å². The van der Waals surface area contributed by atoms with Gasteiger partial charge in [-0.2, -0.15) is 0 Å². The molecule has 4 heteroatoms. The van der Waals surface area contributed by atoms with E-state index in [1.807, 2.05) is 36.4 Å². The highest BCUT2D eigenvalue weighted by Gasteiger charge is 2.17. The second-order valence-corrected chi connectivity index (χ2v) is 5.84. The summed E-state index contributed by atoms with van der Waals surface area (Å²) in [7, 11) is 0. The number of carbonyl (C=O) groups excluding carboxylic acids is 1. The molecule has 0 saturated carbocycles. The topological polar surface area (TPSA) is 26.3 Å². The number of benzene rings is 2. The van der Waals surface area contributed by atoms with E-state index in [4.69, 9.17) is 4.74 Å². The molecule has 2 aromatic carbocycles. The summed E-state index contributed by atoms with van der Waals surface area (Å²) in [5.74, 6) is 0.621. The Morgan fingerprint density at radius 1 is 1.11 bits per heavy atom. The predicted molar refractivity (Wildman–Crippen MR) is 82.7 cm³/mol. The Bertz CT molecular complexity index is 582. The first-order valence-electron chi connectivity index (χ1n) is 5.79. The summed E-state index contributed by atoms with van der Waals surface area (Å²) >= 11 is 6.79. The minimum absolute atomic E-state index is 0.0320. The molecule has 0 heterocycles. The molecule has 0 spiro atoms. The summed E-state index contributed by atoms with van der Waals surface area (Å²) in [6.45, 7) is 1.75. The number of ether oxygens (including phenoxy) is 1. The number of rotatable bonds is 4. The molecule has 0 N–H and O–H groups in total. The highest BCUT2D eigenvalue weighted by atomic mass is 79.9. The molecule has 0 aliphatic rings. The second-order valence-electron chi connectivity index (χ2n) is 4.07. The minimum Gasteiger partial charge on any atom is -0.481 e. The minimum atomic E-state index is -0.528. The molecular weight excluding hydrogens is 372 g/mol. The van der Waals surface area contributed by atoms with Gasteiger partial charge in [0.05, 0.1) is 4.47 Å². The molecule has 0 amide bonds. The number of ketones is 1. The van der Waals surface area contributed by atoms with E-state index in [0.717, 1.165) is 8.95 Å². The molecular formula is C15H12Br2O2. The Morgan fingerprint density at radius 2 is 1.79 bits per heavy atom. The first kappa shape index (κ1) is 14.3. The molecule has 2 rings (SSSR count). The first-order valence-corrected chi connectivity index (χ1v) is 7.37. The Hall–Kier alpha value is -1.13. The van der Waals surface area contributed by atoms with Crippen LogP contribution >= 0.6 is 31.9 Å². The Morgan fingerprint density at radius 3 is 2.42 bits per heavy atom. The fourth-order valence-electron chi connectivity index (χ4n) is 1.65. The summed E-state index contributed by atoms with van der Waals surface area (Å²) in [5, 5.41) is 0. The van der Waals surface area contributed by atoms with Crippen molar-refractivity contribution in [2.24, 2.45) is 0 Å². The van der Waals surface area contributed by atoms with E-state index in [-0.39, 0.29) is 5.78 Å². The maximum atomic E-state index is 12.2. The van der Waals surface area contributed by atoms with Crippen LogP contribution in [-0.2, 0) is 0 Å². The van der Waals surface area contributed by atoms with E-state index >= 15 is 0 Å². The van der Waals surface area contributed by atoms with Crippen molar-refractivity contribution in [3.63, 3.8) is 0 Å². The lowest BCUT2D eigenvalue weighted by Crippen LogP contribution is -2.23. The van der Waals surface area contributed by atoms with Gasteiger partial charge in [-0.3, -0.25) is 4.79 Å². The smallest absolute Gasteiger partial charge is 0.202 e. The van der Waals surface area contributed by atoms with Crippen molar-refractivity contribution in [2.45, 2.75) is 13.0 Å². The third-order valence-electron chi connectivity index (χ3n) is 2.63. The van der Waals surface area contributed by atoms with Crippen molar-refractivity contribution < 1.29 is 9.53 Å². The average Bonchev–Trinajstić information content (AvgIpc) is 2.42. The van der Waals surface area contributed by atoms with Gasteiger partial charge in [-0.1, -0.05) is 46.3 Å². The molecule has 0 bridgehead atoms. The van der Waals surface area contributed by atoms with E-state index in [0.29, 0.717) is 11.3 Å². The summed E-state index contributed by atoms with van der Waals surface area (Å²) in [4.78, 5) is 12.2. The molecule has 1 unspecified atom stereocenters. The van der Waals surface area contributed by atoms with Crippen molar-refractivity contribution in [1.29, 1.82) is 0 Å². The quantitative estimate of drug-likeness (QED) is 0.704. The highest BCUT2D eigenvalue weighted by Crippen LogP contribution is 2.29. The SMILES string of the molecule is CC(Oc1ccc(Br)cc1Br)C(=O)c1ccccc1. The van der Waals surface area contributed by atoms with E-state index in [1.165, 1.54) is 0 Å². The third-order valence-corrected chi connectivity index (χ3v) is 3.74. The highest BCUT2D eigenvalue weighted by molar-refractivity contribution is 9.11. The lowest BCUT2D eigenvalue weighted by molar-refractivity contribution is 0.0817. The van der Waals surface area contributed by atoms with Crippen LogP contribution in [-0.4, -0.2) is 11.9 Å². The first-order chi connectivity index (χ1) is 9.08. The summed E-state index contributed by atoms with van der Waals surface area (Å²) in [5.41, 5.74) is 0.656. The molecule has 0 fully saturated rings. The zero-order valence-corrected chi connectivity index (χ0v) is 13.4. The van der Waals surface area contributed by atoms with Gasteiger partial charge in [0.1, 0.15) is 5.75 Å². The van der Waals surface area contributed by atoms with Crippen LogP contribution in [0.1, 0.15) is 17.3 Å². The van der Waals surface area contributed by atoms with Gasteiger partial charge in [0.2, 0.25) is 5.78 Å². The fraction of sp³-hybridized carbons (Fsp3) is 0.133. The van der Waals surface area contributed by atoms with Crippen LogP contribution in [0.2, 0.25) is 0 Å². The lowest BCUT2D eigenvalue weighted by Gasteiger charge is -2.15. The van der Waals surface area contributed by atoms with Crippen LogP contribution in [0.15, 0.2) is 57.5 Å². The van der Waals surface area contributed by atoms with Crippen LogP contribution in [0.5, 0.6) is 5.75 Å². The van der Waals surface area contributed by atoms with Crippen LogP contribution < -0.4 is 4.74 Å². The van der Waals surface area contributed by atoms with Crippen LogP contribution in [0.25, 0.3) is 0 Å². The molecule has 0 aliphatic carbocycles. The van der Waals surface area contributed by atoms with E-state index in [2.05, 4.69) is 31.9 Å². The maximum absolute atomic E-state index is 12.2. The summed E-state index contributed by atoms with van der Waals surface area (Å²) in [6.07, 6.45) is -0.528. The zero-order chi connectivity index (χ0) is 13.8. The number of carbonyl (C=O) groups is 1. The van der Waals surface area contributed by atoms with Crippen LogP contribution in [0.3, 0.4) is 0 Å². The zero-order valence-electron chi connectivity index (χ0n) is 10.3. The Kier molecular flexibility index (Phi) is 4.77. The van der Waals surface area contributed by atoms with Crippen LogP contribution in [0.4, 0.5) is 0 Å².